The number of nitrogens with zero attached hydrogens (tertiary/aromatic N) is 3. The van der Waals surface area contributed by atoms with Gasteiger partial charge in [-0.2, -0.15) is 5.26 Å². The molecule has 0 saturated heterocycles. The summed E-state index contributed by atoms with van der Waals surface area (Å²) in [6.45, 7) is -0.349. The summed E-state index contributed by atoms with van der Waals surface area (Å²) in [5.41, 5.74) is -3.08. The molecule has 8 nitrogen and oxygen atoms in total. The normalized spacial score (nSPS) is 10.1. The van der Waals surface area contributed by atoms with Crippen molar-refractivity contribution in [2.75, 3.05) is 0 Å². The average Bonchev–Trinajstić information content (AvgIpc) is 2.43. The maximum absolute atomic E-state index is 13.9. The van der Waals surface area contributed by atoms with Gasteiger partial charge in [0.25, 0.3) is 0 Å². The molecule has 0 aliphatic carbocycles. The number of hydrogen-bond acceptors (Lipinski definition) is 5. The molecule has 0 fully saturated rings. The standard InChI is InChI=1S/C12H7FN4O4/c13-10-7(4-14)2-1-3-8(10)5-16-6-9(17(20)21)11(18)15-12(16)19/h1-3,6H,5H2,(H,15,18,19). The van der Waals surface area contributed by atoms with E-state index in [9.17, 15) is 24.1 Å². The maximum Gasteiger partial charge on any atom is 0.350 e. The molecule has 21 heavy (non-hydrogen) atoms. The van der Waals surface area contributed by atoms with E-state index in [-0.39, 0.29) is 17.7 Å². The lowest BCUT2D eigenvalue weighted by molar-refractivity contribution is -0.386. The predicted octanol–water partition coefficient (Wildman–Crippen LogP) is 0.504. The molecule has 0 bridgehead atoms. The second-order valence-electron chi connectivity index (χ2n) is 4.05. The van der Waals surface area contributed by atoms with E-state index < -0.39 is 27.7 Å². The smallest absolute Gasteiger partial charge is 0.289 e. The quantitative estimate of drug-likeness (QED) is 0.651. The van der Waals surface area contributed by atoms with Crippen molar-refractivity contribution in [3.8, 4) is 6.07 Å². The second-order valence-corrected chi connectivity index (χ2v) is 4.05. The summed E-state index contributed by atoms with van der Waals surface area (Å²) in [4.78, 5) is 34.3. The molecular formula is C12H7FN4O4. The molecule has 1 aromatic carbocycles. The van der Waals surface area contributed by atoms with E-state index in [0.29, 0.717) is 0 Å². The SMILES string of the molecule is N#Cc1cccc(Cn2cc([N+](=O)[O-])c(=O)[nH]c2=O)c1F. The Balaban J connectivity index is 2.53. The molecule has 0 aliphatic rings. The monoisotopic (exact) mass is 290 g/mol. The molecule has 0 amide bonds. The fourth-order valence-corrected chi connectivity index (χ4v) is 1.72. The van der Waals surface area contributed by atoms with E-state index in [2.05, 4.69) is 0 Å². The van der Waals surface area contributed by atoms with E-state index in [1.807, 2.05) is 0 Å². The van der Waals surface area contributed by atoms with E-state index in [1.54, 1.807) is 11.1 Å². The van der Waals surface area contributed by atoms with Crippen LogP contribution in [0, 0.1) is 27.3 Å². The van der Waals surface area contributed by atoms with Gasteiger partial charge in [-0.05, 0) is 6.07 Å². The van der Waals surface area contributed by atoms with Crippen LogP contribution in [0.5, 0.6) is 0 Å². The van der Waals surface area contributed by atoms with Gasteiger partial charge in [0.15, 0.2) is 0 Å². The Bertz CT molecular complexity index is 878. The van der Waals surface area contributed by atoms with Crippen molar-refractivity contribution < 1.29 is 9.31 Å². The molecule has 0 unspecified atom stereocenters. The van der Waals surface area contributed by atoms with Crippen molar-refractivity contribution in [2.45, 2.75) is 6.54 Å². The number of halogens is 1. The van der Waals surface area contributed by atoms with E-state index >= 15 is 0 Å². The lowest BCUT2D eigenvalue weighted by Crippen LogP contribution is -2.31. The zero-order chi connectivity index (χ0) is 15.6. The van der Waals surface area contributed by atoms with Crippen LogP contribution < -0.4 is 11.2 Å². The predicted molar refractivity (Wildman–Crippen MR) is 68.2 cm³/mol. The summed E-state index contributed by atoms with van der Waals surface area (Å²) >= 11 is 0. The van der Waals surface area contributed by atoms with Gasteiger partial charge in [-0.3, -0.25) is 24.5 Å². The Morgan fingerprint density at radius 1 is 1.43 bits per heavy atom. The summed E-state index contributed by atoms with van der Waals surface area (Å²) in [5.74, 6) is -0.819. The van der Waals surface area contributed by atoms with E-state index in [1.165, 1.54) is 18.2 Å². The third kappa shape index (κ3) is 2.69. The number of rotatable bonds is 3. The molecule has 9 heteroatoms. The van der Waals surface area contributed by atoms with Crippen molar-refractivity contribution in [2.24, 2.45) is 0 Å². The minimum Gasteiger partial charge on any atom is -0.289 e. The molecule has 2 rings (SSSR count). The average molecular weight is 290 g/mol. The van der Waals surface area contributed by atoms with E-state index in [0.717, 1.165) is 10.8 Å². The van der Waals surface area contributed by atoms with Crippen LogP contribution in [0.3, 0.4) is 0 Å². The molecular weight excluding hydrogens is 283 g/mol. The first-order valence-corrected chi connectivity index (χ1v) is 5.59. The van der Waals surface area contributed by atoms with Gasteiger partial charge in [0.1, 0.15) is 11.9 Å². The molecule has 0 spiro atoms. The lowest BCUT2D eigenvalue weighted by atomic mass is 10.1. The van der Waals surface area contributed by atoms with Gasteiger partial charge < -0.3 is 0 Å². The van der Waals surface area contributed by atoms with Crippen LogP contribution in [0.1, 0.15) is 11.1 Å². The molecule has 0 radical (unpaired) electrons. The van der Waals surface area contributed by atoms with Crippen LogP contribution in [0.2, 0.25) is 0 Å². The summed E-state index contributed by atoms with van der Waals surface area (Å²) < 4.78 is 14.7. The second kappa shape index (κ2) is 5.38. The Kier molecular flexibility index (Phi) is 3.62. The van der Waals surface area contributed by atoms with Crippen molar-refractivity contribution in [3.05, 3.63) is 72.3 Å². The molecule has 0 saturated carbocycles. The molecule has 0 aliphatic heterocycles. The van der Waals surface area contributed by atoms with Gasteiger partial charge in [0.05, 0.1) is 23.2 Å². The van der Waals surface area contributed by atoms with Gasteiger partial charge in [0.2, 0.25) is 0 Å². The van der Waals surface area contributed by atoms with Crippen LogP contribution in [-0.4, -0.2) is 14.5 Å². The highest BCUT2D eigenvalue weighted by molar-refractivity contribution is 5.35. The molecule has 1 heterocycles. The van der Waals surface area contributed by atoms with Crippen molar-refractivity contribution in [1.29, 1.82) is 5.26 Å². The van der Waals surface area contributed by atoms with Gasteiger partial charge in [-0.1, -0.05) is 12.1 Å². The molecule has 1 aromatic heterocycles. The number of aromatic nitrogens is 2. The van der Waals surface area contributed by atoms with E-state index in [4.69, 9.17) is 5.26 Å². The number of aromatic amines is 1. The zero-order valence-corrected chi connectivity index (χ0v) is 10.4. The zero-order valence-electron chi connectivity index (χ0n) is 10.4. The molecule has 2 aromatic rings. The largest absolute Gasteiger partial charge is 0.350 e. The first kappa shape index (κ1) is 14.1. The van der Waals surface area contributed by atoms with Crippen molar-refractivity contribution >= 4 is 5.69 Å². The Morgan fingerprint density at radius 2 is 2.14 bits per heavy atom. The highest BCUT2D eigenvalue weighted by Gasteiger charge is 2.16. The highest BCUT2D eigenvalue weighted by Crippen LogP contribution is 2.13. The minimum absolute atomic E-state index is 0.00232. The summed E-state index contributed by atoms with van der Waals surface area (Å²) in [5, 5.41) is 19.4. The van der Waals surface area contributed by atoms with Crippen LogP contribution in [0.4, 0.5) is 10.1 Å². The molecule has 106 valence electrons. The van der Waals surface area contributed by atoms with Gasteiger partial charge in [-0.15, -0.1) is 0 Å². The Hall–Kier alpha value is -3.28. The Morgan fingerprint density at radius 3 is 2.76 bits per heavy atom. The fraction of sp³-hybridized carbons (Fsp3) is 0.0833. The number of benzene rings is 1. The van der Waals surface area contributed by atoms with Crippen LogP contribution in [0.25, 0.3) is 0 Å². The van der Waals surface area contributed by atoms with Crippen molar-refractivity contribution in [3.63, 3.8) is 0 Å². The fourth-order valence-electron chi connectivity index (χ4n) is 1.72. The first-order chi connectivity index (χ1) is 9.93. The third-order valence-corrected chi connectivity index (χ3v) is 2.73. The molecule has 0 atom stereocenters. The van der Waals surface area contributed by atoms with Gasteiger partial charge >= 0.3 is 16.9 Å². The number of nitro groups is 1. The lowest BCUT2D eigenvalue weighted by Gasteiger charge is -2.06. The number of hydrogen-bond donors (Lipinski definition) is 1. The third-order valence-electron chi connectivity index (χ3n) is 2.73. The minimum atomic E-state index is -1.13. The summed E-state index contributed by atoms with van der Waals surface area (Å²) in [6.07, 6.45) is 0.736. The van der Waals surface area contributed by atoms with Crippen LogP contribution in [-0.2, 0) is 6.54 Å². The number of nitrogens with one attached hydrogen (secondary N) is 1. The van der Waals surface area contributed by atoms with Gasteiger partial charge in [0, 0.05) is 5.56 Å². The van der Waals surface area contributed by atoms with Crippen molar-refractivity contribution in [1.82, 2.24) is 9.55 Å². The maximum atomic E-state index is 13.9. The number of H-pyrrole nitrogens is 1. The van der Waals surface area contributed by atoms with Crippen LogP contribution >= 0.6 is 0 Å². The summed E-state index contributed by atoms with van der Waals surface area (Å²) in [6, 6.07) is 5.66. The summed E-state index contributed by atoms with van der Waals surface area (Å²) in [7, 11) is 0. The topological polar surface area (TPSA) is 122 Å². The Labute approximate surface area is 115 Å². The molecule has 1 N–H and O–H groups in total. The first-order valence-electron chi connectivity index (χ1n) is 5.59. The number of nitriles is 1. The van der Waals surface area contributed by atoms with Crippen LogP contribution in [0.15, 0.2) is 34.0 Å². The van der Waals surface area contributed by atoms with Gasteiger partial charge in [-0.25, -0.2) is 9.18 Å². The highest BCUT2D eigenvalue weighted by atomic mass is 19.1.